The number of hydrogen-bond donors (Lipinski definition) is 1. The van der Waals surface area contributed by atoms with Crippen LogP contribution in [0.15, 0.2) is 59.4 Å². The topological polar surface area (TPSA) is 68.4 Å². The molecule has 28 heavy (non-hydrogen) atoms. The fourth-order valence-corrected chi connectivity index (χ4v) is 3.75. The van der Waals surface area contributed by atoms with E-state index in [0.717, 1.165) is 16.6 Å². The fourth-order valence-electron chi connectivity index (χ4n) is 3.56. The normalized spacial score (nSPS) is 12.4. The summed E-state index contributed by atoms with van der Waals surface area (Å²) in [6.45, 7) is 3.78. The largest absolute Gasteiger partial charge is 0.323 e. The van der Waals surface area contributed by atoms with Gasteiger partial charge in [-0.3, -0.25) is 14.3 Å². The van der Waals surface area contributed by atoms with E-state index in [1.807, 2.05) is 59.4 Å². The van der Waals surface area contributed by atoms with Crippen molar-refractivity contribution in [3.05, 3.63) is 75.7 Å². The standard InChI is InChI=1S/C21H19ClN4O2/c1-3-17(21(28)23-16-10-6-5-9-15(16)22)26-18-11-7-4-8-14(18)20-24-19(27)12-13(2)25(20)26/h4-12,17H,3H2,1-2H3,(H,23,28). The lowest BCUT2D eigenvalue weighted by Gasteiger charge is -2.21. The molecule has 142 valence electrons. The molecule has 1 atom stereocenters. The molecule has 1 amide bonds. The molecule has 0 aliphatic rings. The lowest BCUT2D eigenvalue weighted by Crippen LogP contribution is -2.29. The maximum absolute atomic E-state index is 13.2. The molecule has 2 heterocycles. The van der Waals surface area contributed by atoms with Crippen LogP contribution in [0.25, 0.3) is 16.6 Å². The Morgan fingerprint density at radius 1 is 1.18 bits per heavy atom. The summed E-state index contributed by atoms with van der Waals surface area (Å²) in [5.41, 5.74) is 2.37. The van der Waals surface area contributed by atoms with E-state index in [1.165, 1.54) is 6.07 Å². The van der Waals surface area contributed by atoms with Gasteiger partial charge in [0.2, 0.25) is 5.91 Å². The van der Waals surface area contributed by atoms with Crippen molar-refractivity contribution in [2.24, 2.45) is 0 Å². The van der Waals surface area contributed by atoms with Gasteiger partial charge in [-0.25, -0.2) is 4.52 Å². The molecule has 0 bridgehead atoms. The van der Waals surface area contributed by atoms with Crippen LogP contribution in [0, 0.1) is 6.92 Å². The third-order valence-corrected chi connectivity index (χ3v) is 5.14. The molecule has 0 aliphatic carbocycles. The van der Waals surface area contributed by atoms with Crippen LogP contribution in [0.3, 0.4) is 0 Å². The maximum atomic E-state index is 13.2. The van der Waals surface area contributed by atoms with Crippen molar-refractivity contribution in [1.82, 2.24) is 14.2 Å². The van der Waals surface area contributed by atoms with Gasteiger partial charge in [0.05, 0.1) is 16.2 Å². The highest BCUT2D eigenvalue weighted by molar-refractivity contribution is 6.33. The van der Waals surface area contributed by atoms with Crippen molar-refractivity contribution in [3.63, 3.8) is 0 Å². The lowest BCUT2D eigenvalue weighted by molar-refractivity contribution is -0.119. The van der Waals surface area contributed by atoms with Gasteiger partial charge < -0.3 is 5.32 Å². The van der Waals surface area contributed by atoms with E-state index in [-0.39, 0.29) is 11.5 Å². The van der Waals surface area contributed by atoms with Crippen LogP contribution in [-0.2, 0) is 4.79 Å². The fraction of sp³-hybridized carbons (Fsp3) is 0.190. The molecular formula is C21H19ClN4O2. The number of benzene rings is 2. The highest BCUT2D eigenvalue weighted by atomic mass is 35.5. The Morgan fingerprint density at radius 3 is 2.64 bits per heavy atom. The van der Waals surface area contributed by atoms with E-state index in [2.05, 4.69) is 10.3 Å². The predicted octanol–water partition coefficient (Wildman–Crippen LogP) is 4.20. The number of para-hydroxylation sites is 2. The maximum Gasteiger partial charge on any atom is 0.273 e. The minimum absolute atomic E-state index is 0.184. The molecule has 1 N–H and O–H groups in total. The second-order valence-corrected chi connectivity index (χ2v) is 7.03. The summed E-state index contributed by atoms with van der Waals surface area (Å²) >= 11 is 6.20. The zero-order valence-electron chi connectivity index (χ0n) is 15.5. The van der Waals surface area contributed by atoms with Gasteiger partial charge in [-0.15, -0.1) is 0 Å². The summed E-state index contributed by atoms with van der Waals surface area (Å²) in [5, 5.41) is 4.23. The van der Waals surface area contributed by atoms with Crippen LogP contribution in [0.4, 0.5) is 5.69 Å². The molecule has 0 radical (unpaired) electrons. The second kappa shape index (κ2) is 7.13. The Kier molecular flexibility index (Phi) is 4.65. The number of amides is 1. The Bertz CT molecular complexity index is 1260. The number of carbonyl (C=O) groups excluding carboxylic acids is 1. The number of nitrogens with one attached hydrogen (secondary N) is 1. The van der Waals surface area contributed by atoms with Crippen molar-refractivity contribution in [2.45, 2.75) is 26.3 Å². The summed E-state index contributed by atoms with van der Waals surface area (Å²) < 4.78 is 3.74. The first-order valence-electron chi connectivity index (χ1n) is 9.06. The number of nitrogens with zero attached hydrogens (tertiary/aromatic N) is 3. The average molecular weight is 395 g/mol. The minimum Gasteiger partial charge on any atom is -0.323 e. The third-order valence-electron chi connectivity index (χ3n) is 4.81. The van der Waals surface area contributed by atoms with Crippen molar-refractivity contribution in [1.29, 1.82) is 0 Å². The number of fused-ring (bicyclic) bond motifs is 3. The average Bonchev–Trinajstić information content (AvgIpc) is 2.99. The predicted molar refractivity (Wildman–Crippen MR) is 111 cm³/mol. The molecular weight excluding hydrogens is 376 g/mol. The zero-order valence-corrected chi connectivity index (χ0v) is 16.3. The van der Waals surface area contributed by atoms with E-state index in [4.69, 9.17) is 11.6 Å². The molecule has 0 saturated heterocycles. The van der Waals surface area contributed by atoms with Gasteiger partial charge in [-0.1, -0.05) is 42.8 Å². The van der Waals surface area contributed by atoms with Gasteiger partial charge in [-0.05, 0) is 37.6 Å². The number of aryl methyl sites for hydroxylation is 1. The molecule has 1 unspecified atom stereocenters. The van der Waals surface area contributed by atoms with Crippen LogP contribution < -0.4 is 10.9 Å². The highest BCUT2D eigenvalue weighted by Gasteiger charge is 2.25. The van der Waals surface area contributed by atoms with Crippen LogP contribution in [-0.4, -0.2) is 20.1 Å². The SMILES string of the molecule is CCC(C(=O)Nc1ccccc1Cl)n1c2ccccc2c2nc(=O)cc(C)n21. The Balaban J connectivity index is 1.91. The van der Waals surface area contributed by atoms with Gasteiger partial charge in [0, 0.05) is 17.1 Å². The lowest BCUT2D eigenvalue weighted by atomic mass is 10.2. The molecule has 6 nitrogen and oxygen atoms in total. The number of anilines is 1. The molecule has 2 aromatic carbocycles. The second-order valence-electron chi connectivity index (χ2n) is 6.63. The van der Waals surface area contributed by atoms with E-state index in [1.54, 1.807) is 12.1 Å². The molecule has 2 aromatic heterocycles. The van der Waals surface area contributed by atoms with Gasteiger partial charge in [0.15, 0.2) is 5.65 Å². The van der Waals surface area contributed by atoms with Crippen molar-refractivity contribution in [3.8, 4) is 0 Å². The molecule has 0 fully saturated rings. The number of aromatic nitrogens is 3. The van der Waals surface area contributed by atoms with Crippen LogP contribution in [0.5, 0.6) is 0 Å². The van der Waals surface area contributed by atoms with Crippen LogP contribution in [0.1, 0.15) is 25.1 Å². The van der Waals surface area contributed by atoms with Gasteiger partial charge in [-0.2, -0.15) is 4.98 Å². The monoisotopic (exact) mass is 394 g/mol. The Hall–Kier alpha value is -3.12. The van der Waals surface area contributed by atoms with Crippen LogP contribution >= 0.6 is 11.6 Å². The van der Waals surface area contributed by atoms with Crippen molar-refractivity contribution < 1.29 is 4.79 Å². The first-order valence-corrected chi connectivity index (χ1v) is 9.44. The summed E-state index contributed by atoms with van der Waals surface area (Å²) in [6.07, 6.45) is 0.551. The van der Waals surface area contributed by atoms with E-state index < -0.39 is 6.04 Å². The first kappa shape index (κ1) is 18.3. The third kappa shape index (κ3) is 2.96. The molecule has 0 aliphatic heterocycles. The number of halogens is 1. The summed E-state index contributed by atoms with van der Waals surface area (Å²) in [5.74, 6) is -0.184. The molecule has 7 heteroatoms. The Morgan fingerprint density at radius 2 is 1.89 bits per heavy atom. The number of hydrogen-bond acceptors (Lipinski definition) is 3. The number of carbonyl (C=O) groups is 1. The van der Waals surface area contributed by atoms with Gasteiger partial charge >= 0.3 is 0 Å². The molecule has 4 aromatic rings. The van der Waals surface area contributed by atoms with E-state index >= 15 is 0 Å². The number of rotatable bonds is 4. The van der Waals surface area contributed by atoms with E-state index in [0.29, 0.717) is 22.8 Å². The van der Waals surface area contributed by atoms with E-state index in [9.17, 15) is 9.59 Å². The molecule has 0 spiro atoms. The zero-order chi connectivity index (χ0) is 19.8. The summed E-state index contributed by atoms with van der Waals surface area (Å²) in [6, 6.07) is 15.7. The molecule has 0 saturated carbocycles. The Labute approximate surface area is 166 Å². The van der Waals surface area contributed by atoms with Gasteiger partial charge in [0.1, 0.15) is 6.04 Å². The van der Waals surface area contributed by atoms with Crippen molar-refractivity contribution >= 4 is 39.7 Å². The van der Waals surface area contributed by atoms with Crippen LogP contribution in [0.2, 0.25) is 5.02 Å². The quantitative estimate of drug-likeness (QED) is 0.564. The first-order chi connectivity index (χ1) is 13.5. The summed E-state index contributed by atoms with van der Waals surface area (Å²) in [4.78, 5) is 29.3. The van der Waals surface area contributed by atoms with Crippen molar-refractivity contribution in [2.75, 3.05) is 5.32 Å². The smallest absolute Gasteiger partial charge is 0.273 e. The summed E-state index contributed by atoms with van der Waals surface area (Å²) in [7, 11) is 0. The highest BCUT2D eigenvalue weighted by Crippen LogP contribution is 2.28. The molecule has 4 rings (SSSR count). The van der Waals surface area contributed by atoms with Gasteiger partial charge in [0.25, 0.3) is 5.56 Å². The minimum atomic E-state index is -0.512.